The van der Waals surface area contributed by atoms with Crippen molar-refractivity contribution in [2.75, 3.05) is 0 Å². The van der Waals surface area contributed by atoms with Crippen LogP contribution in [0.5, 0.6) is 0 Å². The molecule has 0 fully saturated rings. The maximum atomic E-state index is 10.9. The average molecular weight is 216 g/mol. The second kappa shape index (κ2) is 3.85. The monoisotopic (exact) mass is 216 g/mol. The fourth-order valence-corrected chi connectivity index (χ4v) is 1.91. The summed E-state index contributed by atoms with van der Waals surface area (Å²) in [5.41, 5.74) is 0.169. The molecule has 0 heterocycles. The molecule has 0 bridgehead atoms. The van der Waals surface area contributed by atoms with Gasteiger partial charge in [0.1, 0.15) is 11.2 Å². The summed E-state index contributed by atoms with van der Waals surface area (Å²) in [7, 11) is -4.42. The van der Waals surface area contributed by atoms with Crippen molar-refractivity contribution < 1.29 is 22.6 Å². The van der Waals surface area contributed by atoms with Gasteiger partial charge < -0.3 is 4.79 Å². The molecule has 5 nitrogen and oxygen atoms in total. The predicted octanol–water partition coefficient (Wildman–Crippen LogP) is 0.246. The van der Waals surface area contributed by atoms with E-state index in [9.17, 15) is 18.0 Å². The Bertz CT molecular complexity index is 427. The molecule has 0 unspecified atom stereocenters. The van der Waals surface area contributed by atoms with Crippen LogP contribution in [0.2, 0.25) is 0 Å². The maximum absolute atomic E-state index is 10.9. The minimum Gasteiger partial charge on any atom is -0.303 e. The largest absolute Gasteiger partial charge is 0.303 e. The summed E-state index contributed by atoms with van der Waals surface area (Å²) in [6, 6.07) is 0. The molecular weight excluding hydrogens is 208 g/mol. The molecule has 0 radical (unpaired) electrons. The lowest BCUT2D eigenvalue weighted by atomic mass is 10.0. The van der Waals surface area contributed by atoms with Gasteiger partial charge in [0.15, 0.2) is 5.78 Å². The lowest BCUT2D eigenvalue weighted by Gasteiger charge is -2.10. The Morgan fingerprint density at radius 1 is 1.50 bits per heavy atom. The molecule has 76 valence electrons. The minimum atomic E-state index is -4.42. The summed E-state index contributed by atoms with van der Waals surface area (Å²) in [6.07, 6.45) is 2.62. The topological polar surface area (TPSA) is 88.5 Å². The van der Waals surface area contributed by atoms with Crippen molar-refractivity contribution in [1.29, 1.82) is 0 Å². The highest BCUT2D eigenvalue weighted by molar-refractivity contribution is 7.90. The molecule has 0 aromatic carbocycles. The summed E-state index contributed by atoms with van der Waals surface area (Å²) in [5, 5.41) is 0. The molecule has 0 saturated heterocycles. The van der Waals surface area contributed by atoms with Gasteiger partial charge in [-0.25, -0.2) is 0 Å². The SMILES string of the molecule is O=CCC1=CCC(=O)C=C1S(=O)(=O)O. The molecule has 0 aliphatic heterocycles. The fraction of sp³-hybridized carbons (Fsp3) is 0.250. The van der Waals surface area contributed by atoms with Crippen LogP contribution in [0.3, 0.4) is 0 Å². The first-order valence-corrected chi connectivity index (χ1v) is 5.24. The first-order valence-electron chi connectivity index (χ1n) is 3.80. The van der Waals surface area contributed by atoms with Gasteiger partial charge in [0, 0.05) is 18.9 Å². The number of allylic oxidation sites excluding steroid dienone is 3. The van der Waals surface area contributed by atoms with Gasteiger partial charge in [0.05, 0.1) is 0 Å². The summed E-state index contributed by atoms with van der Waals surface area (Å²) >= 11 is 0. The van der Waals surface area contributed by atoms with E-state index in [2.05, 4.69) is 0 Å². The fourth-order valence-electron chi connectivity index (χ4n) is 1.14. The number of carbonyl (C=O) groups is 2. The van der Waals surface area contributed by atoms with Crippen LogP contribution in [0.25, 0.3) is 0 Å². The molecule has 1 aliphatic carbocycles. The van der Waals surface area contributed by atoms with Crippen LogP contribution in [-0.4, -0.2) is 25.0 Å². The maximum Gasteiger partial charge on any atom is 0.294 e. The van der Waals surface area contributed by atoms with Gasteiger partial charge in [0.2, 0.25) is 0 Å². The van der Waals surface area contributed by atoms with Gasteiger partial charge in [-0.1, -0.05) is 6.08 Å². The molecule has 0 atom stereocenters. The predicted molar refractivity (Wildman–Crippen MR) is 48.0 cm³/mol. The van der Waals surface area contributed by atoms with E-state index in [1.807, 2.05) is 0 Å². The zero-order valence-corrected chi connectivity index (χ0v) is 7.95. The second-order valence-corrected chi connectivity index (χ2v) is 4.14. The highest BCUT2D eigenvalue weighted by atomic mass is 32.2. The molecule has 0 saturated carbocycles. The standard InChI is InChI=1S/C8H8O5S/c9-4-3-6-1-2-7(10)5-8(6)14(11,12)13/h1,4-5H,2-3H2,(H,11,12,13). The van der Waals surface area contributed by atoms with E-state index < -0.39 is 20.8 Å². The number of rotatable bonds is 3. The molecule has 1 N–H and O–H groups in total. The number of ketones is 1. The molecule has 0 aromatic heterocycles. The Balaban J connectivity index is 3.15. The third-order valence-electron chi connectivity index (χ3n) is 1.74. The van der Waals surface area contributed by atoms with Crippen molar-refractivity contribution in [1.82, 2.24) is 0 Å². The number of hydrogen-bond acceptors (Lipinski definition) is 4. The second-order valence-electron chi connectivity index (χ2n) is 2.75. The lowest BCUT2D eigenvalue weighted by Crippen LogP contribution is -2.11. The van der Waals surface area contributed by atoms with Crippen molar-refractivity contribution >= 4 is 22.2 Å². The summed E-state index contributed by atoms with van der Waals surface area (Å²) in [4.78, 5) is 20.6. The van der Waals surface area contributed by atoms with E-state index in [1.165, 1.54) is 6.08 Å². The Hall–Kier alpha value is -1.27. The smallest absolute Gasteiger partial charge is 0.294 e. The Morgan fingerprint density at radius 2 is 2.14 bits per heavy atom. The van der Waals surface area contributed by atoms with Gasteiger partial charge in [-0.05, 0) is 5.57 Å². The quantitative estimate of drug-likeness (QED) is 0.539. The third-order valence-corrected chi connectivity index (χ3v) is 2.68. The molecule has 0 aromatic rings. The van der Waals surface area contributed by atoms with Crippen molar-refractivity contribution in [2.24, 2.45) is 0 Å². The van der Waals surface area contributed by atoms with E-state index >= 15 is 0 Å². The van der Waals surface area contributed by atoms with E-state index in [0.29, 0.717) is 6.29 Å². The molecule has 0 amide bonds. The van der Waals surface area contributed by atoms with Crippen molar-refractivity contribution in [3.05, 3.63) is 22.6 Å². The third kappa shape index (κ3) is 2.36. The molecule has 1 rings (SSSR count). The van der Waals surface area contributed by atoms with E-state index in [1.54, 1.807) is 0 Å². The van der Waals surface area contributed by atoms with Gasteiger partial charge in [-0.2, -0.15) is 8.42 Å². The summed E-state index contributed by atoms with van der Waals surface area (Å²) in [6.45, 7) is 0. The van der Waals surface area contributed by atoms with E-state index in [4.69, 9.17) is 4.55 Å². The zero-order valence-electron chi connectivity index (χ0n) is 7.13. The summed E-state index contributed by atoms with van der Waals surface area (Å²) in [5.74, 6) is -0.410. The lowest BCUT2D eigenvalue weighted by molar-refractivity contribution is -0.114. The first-order chi connectivity index (χ1) is 6.45. The van der Waals surface area contributed by atoms with Gasteiger partial charge in [0.25, 0.3) is 10.1 Å². The minimum absolute atomic E-state index is 0.0577. The molecule has 0 spiro atoms. The molecular formula is C8H8O5S. The molecule has 1 aliphatic rings. The van der Waals surface area contributed by atoms with Crippen LogP contribution >= 0.6 is 0 Å². The molecule has 6 heteroatoms. The highest BCUT2D eigenvalue weighted by Crippen LogP contribution is 2.23. The van der Waals surface area contributed by atoms with Crippen molar-refractivity contribution in [3.63, 3.8) is 0 Å². The highest BCUT2D eigenvalue weighted by Gasteiger charge is 2.22. The Kier molecular flexibility index (Phi) is 2.97. The van der Waals surface area contributed by atoms with Gasteiger partial charge >= 0.3 is 0 Å². The van der Waals surface area contributed by atoms with Crippen LogP contribution in [0.15, 0.2) is 22.6 Å². The normalized spacial score (nSPS) is 17.4. The van der Waals surface area contributed by atoms with Gasteiger partial charge in [-0.3, -0.25) is 9.35 Å². The van der Waals surface area contributed by atoms with Crippen molar-refractivity contribution in [3.8, 4) is 0 Å². The number of hydrogen-bond donors (Lipinski definition) is 1. The van der Waals surface area contributed by atoms with Crippen LogP contribution < -0.4 is 0 Å². The van der Waals surface area contributed by atoms with E-state index in [0.717, 1.165) is 6.08 Å². The van der Waals surface area contributed by atoms with Crippen LogP contribution in [0.4, 0.5) is 0 Å². The van der Waals surface area contributed by atoms with Crippen LogP contribution in [0.1, 0.15) is 12.8 Å². The zero-order chi connectivity index (χ0) is 10.8. The number of carbonyl (C=O) groups excluding carboxylic acids is 2. The first kappa shape index (κ1) is 10.8. The Labute approximate surface area is 80.9 Å². The summed E-state index contributed by atoms with van der Waals surface area (Å²) < 4.78 is 30.3. The van der Waals surface area contributed by atoms with Crippen LogP contribution in [-0.2, 0) is 19.7 Å². The molecule has 14 heavy (non-hydrogen) atoms. The Morgan fingerprint density at radius 3 is 2.64 bits per heavy atom. The number of aldehydes is 1. The van der Waals surface area contributed by atoms with Gasteiger partial charge in [-0.15, -0.1) is 0 Å². The van der Waals surface area contributed by atoms with Crippen molar-refractivity contribution in [2.45, 2.75) is 12.8 Å². The van der Waals surface area contributed by atoms with Crippen LogP contribution in [0, 0.1) is 0 Å². The van der Waals surface area contributed by atoms with E-state index in [-0.39, 0.29) is 18.4 Å². The average Bonchev–Trinajstić information content (AvgIpc) is 2.07.